The van der Waals surface area contributed by atoms with Crippen LogP contribution in [0.15, 0.2) is 36.7 Å². The third-order valence-electron chi connectivity index (χ3n) is 3.79. The summed E-state index contributed by atoms with van der Waals surface area (Å²) in [6.45, 7) is 2.02. The molecule has 2 N–H and O–H groups in total. The second-order valence-electron chi connectivity index (χ2n) is 5.26. The molecule has 0 amide bonds. The molecule has 1 aromatic heterocycles. The van der Waals surface area contributed by atoms with Crippen LogP contribution < -0.4 is 5.32 Å². The van der Waals surface area contributed by atoms with E-state index < -0.39 is 5.97 Å². The van der Waals surface area contributed by atoms with Gasteiger partial charge in [0.05, 0.1) is 23.1 Å². The monoisotopic (exact) mass is 283 g/mol. The maximum absolute atomic E-state index is 11.0. The lowest BCUT2D eigenvalue weighted by Crippen LogP contribution is -2.28. The number of carbonyl (C=O) groups is 1. The van der Waals surface area contributed by atoms with Crippen molar-refractivity contribution in [3.63, 3.8) is 0 Å². The summed E-state index contributed by atoms with van der Waals surface area (Å²) < 4.78 is 0. The summed E-state index contributed by atoms with van der Waals surface area (Å²) >= 11 is 0. The van der Waals surface area contributed by atoms with E-state index in [9.17, 15) is 4.79 Å². The highest BCUT2D eigenvalue weighted by Gasteiger charge is 2.16. The van der Waals surface area contributed by atoms with E-state index in [-0.39, 0.29) is 5.56 Å². The summed E-state index contributed by atoms with van der Waals surface area (Å²) in [5.41, 5.74) is 2.73. The molecule has 1 aromatic carbocycles. The van der Waals surface area contributed by atoms with Crippen LogP contribution in [0, 0.1) is 0 Å². The first-order valence-corrected chi connectivity index (χ1v) is 7.10. The number of nitrogens with one attached hydrogen (secondary N) is 1. The fraction of sp³-hybridized carbons (Fsp3) is 0.312. The summed E-state index contributed by atoms with van der Waals surface area (Å²) in [5, 5.41) is 12.4. The molecule has 2 heterocycles. The number of hydrogen-bond acceptors (Lipinski definition) is 4. The van der Waals surface area contributed by atoms with Crippen LogP contribution in [0.3, 0.4) is 0 Å². The smallest absolute Gasteiger partial charge is 0.335 e. The van der Waals surface area contributed by atoms with E-state index in [1.54, 1.807) is 30.6 Å². The van der Waals surface area contributed by atoms with Gasteiger partial charge in [-0.25, -0.2) is 4.79 Å². The third-order valence-corrected chi connectivity index (χ3v) is 3.79. The maximum atomic E-state index is 11.0. The first-order chi connectivity index (χ1) is 10.2. The summed E-state index contributed by atoms with van der Waals surface area (Å²) in [6.07, 6.45) is 5.83. The fourth-order valence-corrected chi connectivity index (χ4v) is 2.61. The van der Waals surface area contributed by atoms with Gasteiger partial charge in [-0.15, -0.1) is 0 Å². The Morgan fingerprint density at radius 1 is 1.29 bits per heavy atom. The molecule has 21 heavy (non-hydrogen) atoms. The van der Waals surface area contributed by atoms with E-state index >= 15 is 0 Å². The van der Waals surface area contributed by atoms with Gasteiger partial charge >= 0.3 is 5.97 Å². The van der Waals surface area contributed by atoms with Gasteiger partial charge in [0.15, 0.2) is 0 Å². The van der Waals surface area contributed by atoms with Crippen LogP contribution in [0.25, 0.3) is 11.3 Å². The van der Waals surface area contributed by atoms with Gasteiger partial charge in [-0.3, -0.25) is 9.97 Å². The number of aromatic nitrogens is 2. The fourth-order valence-electron chi connectivity index (χ4n) is 2.61. The van der Waals surface area contributed by atoms with Gasteiger partial charge in [0, 0.05) is 24.2 Å². The summed E-state index contributed by atoms with van der Waals surface area (Å²) in [7, 11) is 0. The quantitative estimate of drug-likeness (QED) is 0.904. The van der Waals surface area contributed by atoms with E-state index in [0.717, 1.165) is 37.2 Å². The Labute approximate surface area is 123 Å². The van der Waals surface area contributed by atoms with Crippen LogP contribution in [-0.4, -0.2) is 34.1 Å². The summed E-state index contributed by atoms with van der Waals surface area (Å²) in [5.74, 6) is -0.514. The molecule has 3 rings (SSSR count). The Morgan fingerprint density at radius 2 is 2.19 bits per heavy atom. The van der Waals surface area contributed by atoms with Crippen molar-refractivity contribution < 1.29 is 9.90 Å². The number of benzene rings is 1. The van der Waals surface area contributed by atoms with Crippen molar-refractivity contribution in [1.82, 2.24) is 15.3 Å². The van der Waals surface area contributed by atoms with Crippen molar-refractivity contribution in [2.75, 3.05) is 13.1 Å². The van der Waals surface area contributed by atoms with Gasteiger partial charge in [-0.2, -0.15) is 0 Å². The molecular weight excluding hydrogens is 266 g/mol. The van der Waals surface area contributed by atoms with E-state index in [1.165, 1.54) is 0 Å². The lowest BCUT2D eigenvalue weighted by atomic mass is 9.96. The second kappa shape index (κ2) is 6.01. The summed E-state index contributed by atoms with van der Waals surface area (Å²) in [4.78, 5) is 19.9. The van der Waals surface area contributed by atoms with Gasteiger partial charge in [0.25, 0.3) is 0 Å². The molecule has 2 aromatic rings. The lowest BCUT2D eigenvalue weighted by Gasteiger charge is -2.21. The maximum Gasteiger partial charge on any atom is 0.335 e. The van der Waals surface area contributed by atoms with Crippen molar-refractivity contribution in [1.29, 1.82) is 0 Å². The lowest BCUT2D eigenvalue weighted by molar-refractivity contribution is 0.0697. The zero-order valence-corrected chi connectivity index (χ0v) is 11.6. The molecular formula is C16H17N3O2. The van der Waals surface area contributed by atoms with Gasteiger partial charge in [0.1, 0.15) is 0 Å². The molecule has 1 atom stereocenters. The molecule has 0 bridgehead atoms. The highest BCUT2D eigenvalue weighted by molar-refractivity contribution is 5.89. The van der Waals surface area contributed by atoms with Gasteiger partial charge < -0.3 is 10.4 Å². The predicted molar refractivity (Wildman–Crippen MR) is 79.3 cm³/mol. The van der Waals surface area contributed by atoms with Gasteiger partial charge in [-0.1, -0.05) is 12.1 Å². The number of hydrogen-bond donors (Lipinski definition) is 2. The van der Waals surface area contributed by atoms with E-state index in [2.05, 4.69) is 15.3 Å². The van der Waals surface area contributed by atoms with Crippen LogP contribution >= 0.6 is 0 Å². The average molecular weight is 283 g/mol. The molecule has 1 fully saturated rings. The van der Waals surface area contributed by atoms with Crippen LogP contribution in [0.2, 0.25) is 0 Å². The van der Waals surface area contributed by atoms with Crippen LogP contribution in [0.5, 0.6) is 0 Å². The molecule has 1 aliphatic rings. The highest BCUT2D eigenvalue weighted by Crippen LogP contribution is 2.23. The molecule has 0 spiro atoms. The second-order valence-corrected chi connectivity index (χ2v) is 5.26. The normalized spacial score (nSPS) is 18.4. The van der Waals surface area contributed by atoms with E-state index in [0.29, 0.717) is 11.6 Å². The highest BCUT2D eigenvalue weighted by atomic mass is 16.4. The molecule has 1 aliphatic heterocycles. The number of piperidine rings is 1. The van der Waals surface area contributed by atoms with Gasteiger partial charge in [-0.05, 0) is 31.5 Å². The van der Waals surface area contributed by atoms with E-state index in [1.807, 2.05) is 6.07 Å². The minimum Gasteiger partial charge on any atom is -0.478 e. The predicted octanol–water partition coefficient (Wildman–Crippen LogP) is 2.31. The van der Waals surface area contributed by atoms with Crippen molar-refractivity contribution >= 4 is 5.97 Å². The molecule has 0 aliphatic carbocycles. The molecule has 0 saturated carbocycles. The Hall–Kier alpha value is -2.27. The largest absolute Gasteiger partial charge is 0.478 e. The van der Waals surface area contributed by atoms with Gasteiger partial charge in [0.2, 0.25) is 0 Å². The van der Waals surface area contributed by atoms with Crippen LogP contribution in [0.1, 0.15) is 34.8 Å². The minimum absolute atomic E-state index is 0.259. The minimum atomic E-state index is -0.935. The van der Waals surface area contributed by atoms with Crippen LogP contribution in [0.4, 0.5) is 0 Å². The van der Waals surface area contributed by atoms with Crippen molar-refractivity contribution in [2.24, 2.45) is 0 Å². The average Bonchev–Trinajstić information content (AvgIpc) is 2.56. The Bertz CT molecular complexity index is 634. The zero-order valence-electron chi connectivity index (χ0n) is 11.6. The third kappa shape index (κ3) is 3.08. The summed E-state index contributed by atoms with van der Waals surface area (Å²) in [6, 6.07) is 6.76. The zero-order chi connectivity index (χ0) is 14.7. The molecule has 5 nitrogen and oxygen atoms in total. The standard InChI is InChI=1S/C16H17N3O2/c20-16(21)12-4-1-3-11(7-12)14-9-19-15(10-18-14)13-5-2-6-17-8-13/h1,3-4,7,9-10,13,17H,2,5-6,8H2,(H,20,21)/t13-/m1/s1. The van der Waals surface area contributed by atoms with Crippen molar-refractivity contribution in [2.45, 2.75) is 18.8 Å². The molecule has 0 radical (unpaired) electrons. The molecule has 0 unspecified atom stereocenters. The first-order valence-electron chi connectivity index (χ1n) is 7.10. The Morgan fingerprint density at radius 3 is 2.86 bits per heavy atom. The number of rotatable bonds is 3. The topological polar surface area (TPSA) is 75.1 Å². The Balaban J connectivity index is 1.83. The first kappa shape index (κ1) is 13.7. The number of carboxylic acid groups (broad SMARTS) is 1. The Kier molecular flexibility index (Phi) is 3.92. The molecule has 1 saturated heterocycles. The SMILES string of the molecule is O=C(O)c1cccc(-c2cnc([C@@H]3CCCNC3)cn2)c1. The number of carboxylic acids is 1. The molecule has 108 valence electrons. The molecule has 5 heteroatoms. The van der Waals surface area contributed by atoms with Crippen molar-refractivity contribution in [3.05, 3.63) is 47.9 Å². The van der Waals surface area contributed by atoms with Crippen molar-refractivity contribution in [3.8, 4) is 11.3 Å². The number of nitrogens with zero attached hydrogens (tertiary/aromatic N) is 2. The number of aromatic carboxylic acids is 1. The van der Waals surface area contributed by atoms with Crippen LogP contribution in [-0.2, 0) is 0 Å². The van der Waals surface area contributed by atoms with E-state index in [4.69, 9.17) is 5.11 Å².